The van der Waals surface area contributed by atoms with Crippen LogP contribution in [0, 0.1) is 0 Å². The molecule has 0 radical (unpaired) electrons. The highest BCUT2D eigenvalue weighted by Gasteiger charge is 2.13. The van der Waals surface area contributed by atoms with Gasteiger partial charge in [0, 0.05) is 5.69 Å². The summed E-state index contributed by atoms with van der Waals surface area (Å²) in [5.41, 5.74) is 3.14. The zero-order chi connectivity index (χ0) is 19.9. The molecule has 0 atom stereocenters. The molecule has 0 unspecified atom stereocenters. The molecule has 0 saturated carbocycles. The molecule has 1 heterocycles. The predicted molar refractivity (Wildman–Crippen MR) is 109 cm³/mol. The zero-order valence-electron chi connectivity index (χ0n) is 16.1. The van der Waals surface area contributed by atoms with Crippen LogP contribution in [0.25, 0.3) is 0 Å². The lowest BCUT2D eigenvalue weighted by molar-refractivity contribution is 0.0527. The summed E-state index contributed by atoms with van der Waals surface area (Å²) in [6.07, 6.45) is 1.54. The van der Waals surface area contributed by atoms with E-state index in [4.69, 9.17) is 4.74 Å². The molecule has 1 aromatic heterocycles. The fourth-order valence-electron chi connectivity index (χ4n) is 2.62. The summed E-state index contributed by atoms with van der Waals surface area (Å²) in [6.45, 7) is 6.38. The third-order valence-electron chi connectivity index (χ3n) is 4.08. The van der Waals surface area contributed by atoms with Crippen molar-refractivity contribution in [3.63, 3.8) is 0 Å². The van der Waals surface area contributed by atoms with Gasteiger partial charge in [-0.1, -0.05) is 38.1 Å². The second kappa shape index (κ2) is 8.94. The first-order valence-electron chi connectivity index (χ1n) is 9.16. The third kappa shape index (κ3) is 4.82. The number of hydrogen-bond donors (Lipinski definition) is 2. The maximum absolute atomic E-state index is 12.1. The van der Waals surface area contributed by atoms with E-state index >= 15 is 0 Å². The van der Waals surface area contributed by atoms with Crippen LogP contribution in [0.3, 0.4) is 0 Å². The molecule has 0 bridgehead atoms. The number of carbonyl (C=O) groups is 1. The number of rotatable bonds is 7. The number of esters is 1. The molecule has 0 saturated heterocycles. The van der Waals surface area contributed by atoms with Crippen molar-refractivity contribution in [2.75, 3.05) is 17.2 Å². The third-order valence-corrected chi connectivity index (χ3v) is 4.08. The van der Waals surface area contributed by atoms with Gasteiger partial charge in [-0.15, -0.1) is 5.10 Å². The van der Waals surface area contributed by atoms with Crippen molar-refractivity contribution in [1.29, 1.82) is 0 Å². The van der Waals surface area contributed by atoms with Crippen LogP contribution >= 0.6 is 0 Å². The molecule has 0 spiro atoms. The highest BCUT2D eigenvalue weighted by Crippen LogP contribution is 2.22. The fourth-order valence-corrected chi connectivity index (χ4v) is 2.62. The SMILES string of the molecule is CCOC(=O)c1ccccc1Nc1nncc(Nc2ccc(C(C)C)cc2)n1. The summed E-state index contributed by atoms with van der Waals surface area (Å²) in [5.74, 6) is 0.895. The Kier molecular flexibility index (Phi) is 6.16. The van der Waals surface area contributed by atoms with E-state index in [2.05, 4.69) is 51.8 Å². The monoisotopic (exact) mass is 377 g/mol. The van der Waals surface area contributed by atoms with Crippen LogP contribution in [0.2, 0.25) is 0 Å². The molecular weight excluding hydrogens is 354 g/mol. The smallest absolute Gasteiger partial charge is 0.340 e. The molecule has 0 amide bonds. The molecule has 0 aliphatic heterocycles. The van der Waals surface area contributed by atoms with Crippen molar-refractivity contribution >= 4 is 29.1 Å². The maximum Gasteiger partial charge on any atom is 0.340 e. The van der Waals surface area contributed by atoms with Gasteiger partial charge in [0.2, 0.25) is 5.95 Å². The van der Waals surface area contributed by atoms with E-state index in [1.165, 1.54) is 5.56 Å². The van der Waals surface area contributed by atoms with Crippen molar-refractivity contribution in [1.82, 2.24) is 15.2 Å². The Bertz CT molecular complexity index is 942. The molecule has 3 rings (SSSR count). The van der Waals surface area contributed by atoms with Crippen molar-refractivity contribution in [2.24, 2.45) is 0 Å². The molecule has 0 aliphatic carbocycles. The van der Waals surface area contributed by atoms with E-state index in [9.17, 15) is 4.79 Å². The number of hydrogen-bond acceptors (Lipinski definition) is 7. The number of carbonyl (C=O) groups excluding carboxylic acids is 1. The second-order valence-electron chi connectivity index (χ2n) is 6.46. The van der Waals surface area contributed by atoms with Gasteiger partial charge in [0.05, 0.1) is 24.1 Å². The molecule has 144 valence electrons. The van der Waals surface area contributed by atoms with Gasteiger partial charge >= 0.3 is 5.97 Å². The second-order valence-corrected chi connectivity index (χ2v) is 6.46. The first-order chi connectivity index (χ1) is 13.6. The van der Waals surface area contributed by atoms with Crippen LogP contribution in [0.5, 0.6) is 0 Å². The molecule has 7 nitrogen and oxygen atoms in total. The van der Waals surface area contributed by atoms with Crippen molar-refractivity contribution in [2.45, 2.75) is 26.7 Å². The van der Waals surface area contributed by atoms with Gasteiger partial charge in [0.25, 0.3) is 0 Å². The Hall–Kier alpha value is -3.48. The van der Waals surface area contributed by atoms with Gasteiger partial charge in [0.1, 0.15) is 0 Å². The largest absolute Gasteiger partial charge is 0.462 e. The van der Waals surface area contributed by atoms with Crippen LogP contribution in [-0.4, -0.2) is 27.8 Å². The predicted octanol–water partition coefficient (Wildman–Crippen LogP) is 4.66. The highest BCUT2D eigenvalue weighted by molar-refractivity contribution is 5.96. The van der Waals surface area contributed by atoms with E-state index in [0.717, 1.165) is 5.69 Å². The number of nitrogens with zero attached hydrogens (tertiary/aromatic N) is 3. The molecule has 28 heavy (non-hydrogen) atoms. The normalized spacial score (nSPS) is 10.6. The van der Waals surface area contributed by atoms with E-state index in [1.54, 1.807) is 31.3 Å². The number of ether oxygens (including phenoxy) is 1. The average molecular weight is 377 g/mol. The Morgan fingerprint density at radius 2 is 1.82 bits per heavy atom. The number of aromatic nitrogens is 3. The molecule has 2 N–H and O–H groups in total. The van der Waals surface area contributed by atoms with Crippen LogP contribution in [0.1, 0.15) is 42.6 Å². The minimum absolute atomic E-state index is 0.278. The van der Waals surface area contributed by atoms with Crippen LogP contribution in [-0.2, 0) is 4.74 Å². The first-order valence-corrected chi connectivity index (χ1v) is 9.16. The molecule has 0 aliphatic rings. The minimum Gasteiger partial charge on any atom is -0.462 e. The van der Waals surface area contributed by atoms with Gasteiger partial charge in [-0.25, -0.2) is 4.79 Å². The number of benzene rings is 2. The van der Waals surface area contributed by atoms with Gasteiger partial charge in [-0.3, -0.25) is 0 Å². The Balaban J connectivity index is 1.76. The summed E-state index contributed by atoms with van der Waals surface area (Å²) >= 11 is 0. The van der Waals surface area contributed by atoms with Crippen molar-refractivity contribution in [3.8, 4) is 0 Å². The molecular formula is C21H23N5O2. The van der Waals surface area contributed by atoms with Gasteiger partial charge in [-0.05, 0) is 42.7 Å². The van der Waals surface area contributed by atoms with E-state index in [1.807, 2.05) is 18.2 Å². The van der Waals surface area contributed by atoms with Gasteiger partial charge in [-0.2, -0.15) is 10.1 Å². The number of anilines is 4. The number of para-hydroxylation sites is 1. The lowest BCUT2D eigenvalue weighted by Crippen LogP contribution is -2.09. The highest BCUT2D eigenvalue weighted by atomic mass is 16.5. The standard InChI is InChI=1S/C21H23N5O2/c1-4-28-20(27)17-7-5-6-8-18(17)24-21-25-19(13-22-26-21)23-16-11-9-15(10-12-16)14(2)3/h5-14H,4H2,1-3H3,(H2,23,24,25,26). The van der Waals surface area contributed by atoms with E-state index < -0.39 is 5.97 Å². The van der Waals surface area contributed by atoms with Crippen molar-refractivity contribution < 1.29 is 9.53 Å². The summed E-state index contributed by atoms with van der Waals surface area (Å²) in [5, 5.41) is 14.2. The average Bonchev–Trinajstić information content (AvgIpc) is 2.69. The summed E-state index contributed by atoms with van der Waals surface area (Å²) in [4.78, 5) is 16.5. The lowest BCUT2D eigenvalue weighted by atomic mass is 10.0. The Labute approximate surface area is 164 Å². The van der Waals surface area contributed by atoms with Crippen molar-refractivity contribution in [3.05, 3.63) is 65.9 Å². The maximum atomic E-state index is 12.1. The first kappa shape index (κ1) is 19.3. The van der Waals surface area contributed by atoms with Gasteiger partial charge < -0.3 is 15.4 Å². The quantitative estimate of drug-likeness (QED) is 0.579. The molecule has 2 aromatic carbocycles. The molecule has 3 aromatic rings. The van der Waals surface area contributed by atoms with E-state index in [-0.39, 0.29) is 5.95 Å². The Morgan fingerprint density at radius 1 is 1.07 bits per heavy atom. The Morgan fingerprint density at radius 3 is 2.54 bits per heavy atom. The van der Waals surface area contributed by atoms with Gasteiger partial charge in [0.15, 0.2) is 5.82 Å². The van der Waals surface area contributed by atoms with E-state index in [0.29, 0.717) is 29.6 Å². The molecule has 7 heteroatoms. The van der Waals surface area contributed by atoms with Crippen LogP contribution in [0.15, 0.2) is 54.7 Å². The minimum atomic E-state index is -0.405. The summed E-state index contributed by atoms with van der Waals surface area (Å²) < 4.78 is 5.09. The fraction of sp³-hybridized carbons (Fsp3) is 0.238. The molecule has 0 fully saturated rings. The lowest BCUT2D eigenvalue weighted by Gasteiger charge is -2.11. The topological polar surface area (TPSA) is 89.0 Å². The van der Waals surface area contributed by atoms with Crippen LogP contribution in [0.4, 0.5) is 23.1 Å². The van der Waals surface area contributed by atoms with Crippen LogP contribution < -0.4 is 10.6 Å². The summed E-state index contributed by atoms with van der Waals surface area (Å²) in [7, 11) is 0. The summed E-state index contributed by atoms with van der Waals surface area (Å²) in [6, 6.07) is 15.2. The zero-order valence-corrected chi connectivity index (χ0v) is 16.1. The number of nitrogens with one attached hydrogen (secondary N) is 2.